The van der Waals surface area contributed by atoms with Gasteiger partial charge in [0, 0.05) is 34.9 Å². The van der Waals surface area contributed by atoms with Crippen LogP contribution < -0.4 is 10.6 Å². The van der Waals surface area contributed by atoms with Crippen molar-refractivity contribution in [3.63, 3.8) is 0 Å². The van der Waals surface area contributed by atoms with Gasteiger partial charge in [0.2, 0.25) is 0 Å². The number of aryl methyl sites for hydroxylation is 1. The Morgan fingerprint density at radius 2 is 1.91 bits per heavy atom. The van der Waals surface area contributed by atoms with E-state index in [2.05, 4.69) is 167 Å². The Morgan fingerprint density at radius 1 is 1.05 bits per heavy atom. The molecule has 0 spiro atoms. The predicted molar refractivity (Wildman–Crippen MR) is 191 cm³/mol. The van der Waals surface area contributed by atoms with Crippen LogP contribution in [0.2, 0.25) is 0 Å². The van der Waals surface area contributed by atoms with Crippen LogP contribution >= 0.6 is 0 Å². The maximum Gasteiger partial charge on any atom is 0.0491 e. The van der Waals surface area contributed by atoms with Gasteiger partial charge in [-0.05, 0) is 96.2 Å². The largest absolute Gasteiger partial charge is 0.378 e. The number of allylic oxidation sites excluding steroid dienone is 9. The number of benzene rings is 3. The minimum Gasteiger partial charge on any atom is -0.378 e. The lowest BCUT2D eigenvalue weighted by Crippen LogP contribution is -2.27. The van der Waals surface area contributed by atoms with E-state index in [1.165, 1.54) is 50.2 Å². The maximum absolute atomic E-state index is 3.86. The van der Waals surface area contributed by atoms with Crippen molar-refractivity contribution in [1.29, 1.82) is 0 Å². The molecule has 224 valence electrons. The van der Waals surface area contributed by atoms with Crippen LogP contribution in [0.4, 0.5) is 11.4 Å². The highest BCUT2D eigenvalue weighted by Crippen LogP contribution is 2.48. The maximum atomic E-state index is 3.86. The molecule has 2 aliphatic carbocycles. The molecular weight excluding hydrogens is 532 g/mol. The second-order valence-corrected chi connectivity index (χ2v) is 13.3. The topological polar surface area (TPSA) is 24.1 Å². The highest BCUT2D eigenvalue weighted by molar-refractivity contribution is 5.81. The summed E-state index contributed by atoms with van der Waals surface area (Å²) in [5.41, 5.74) is 12.9. The Kier molecular flexibility index (Phi) is 8.62. The van der Waals surface area contributed by atoms with Crippen molar-refractivity contribution >= 4 is 23.0 Å². The third-order valence-electron chi connectivity index (χ3n) is 9.61. The molecule has 2 bridgehead atoms. The van der Waals surface area contributed by atoms with E-state index >= 15 is 0 Å². The molecule has 0 aromatic heterocycles. The molecule has 3 atom stereocenters. The molecule has 2 N–H and O–H groups in total. The number of fused-ring (bicyclic) bond motifs is 1. The molecule has 1 aliphatic heterocycles. The van der Waals surface area contributed by atoms with Crippen LogP contribution in [0.3, 0.4) is 0 Å². The molecule has 1 heterocycles. The third kappa shape index (κ3) is 6.17. The Morgan fingerprint density at radius 3 is 2.73 bits per heavy atom. The average Bonchev–Trinajstić information content (AvgIpc) is 3.21. The summed E-state index contributed by atoms with van der Waals surface area (Å²) in [6.45, 7) is 11.5. The Hall–Kier alpha value is -4.30. The summed E-state index contributed by atoms with van der Waals surface area (Å²) in [5.74, 6) is 0.637. The summed E-state index contributed by atoms with van der Waals surface area (Å²) in [4.78, 5) is 0. The zero-order valence-corrected chi connectivity index (χ0v) is 26.9. The number of anilines is 2. The fourth-order valence-electron chi connectivity index (χ4n) is 7.10. The number of hydrogen-bond donors (Lipinski definition) is 2. The molecule has 44 heavy (non-hydrogen) atoms. The summed E-state index contributed by atoms with van der Waals surface area (Å²) in [6, 6.07) is 24.7. The highest BCUT2D eigenvalue weighted by atomic mass is 14.9. The van der Waals surface area contributed by atoms with E-state index in [4.69, 9.17) is 0 Å². The Bertz CT molecular complexity index is 1710. The van der Waals surface area contributed by atoms with Crippen molar-refractivity contribution in [1.82, 2.24) is 0 Å². The summed E-state index contributed by atoms with van der Waals surface area (Å²) < 4.78 is 0. The van der Waals surface area contributed by atoms with Gasteiger partial charge in [-0.1, -0.05) is 123 Å². The van der Waals surface area contributed by atoms with E-state index in [1.807, 2.05) is 0 Å². The molecule has 3 aliphatic rings. The van der Waals surface area contributed by atoms with Crippen molar-refractivity contribution < 1.29 is 0 Å². The monoisotopic (exact) mass is 578 g/mol. The molecule has 6 rings (SSSR count). The second kappa shape index (κ2) is 12.7. The van der Waals surface area contributed by atoms with Gasteiger partial charge in [-0.3, -0.25) is 0 Å². The van der Waals surface area contributed by atoms with E-state index < -0.39 is 0 Å². The SMILES string of the molecule is Cc1cccc(/C=C\CC(C)/C(=C/Nc2ccc3c(c2)C2=CC=CC3C(C)(C)c3ccccc3NC2C)C2=CCCC=C2)c1. The zero-order chi connectivity index (χ0) is 30.7. The molecule has 0 amide bonds. The number of para-hydroxylation sites is 1. The Balaban J connectivity index is 1.32. The standard InChI is InChI=1S/C42H46N2/c1-29-14-11-16-32(26-29)17-12-15-30(2)38(33-18-7-6-8-19-33)28-43-34-24-25-36-37(27-34)35-20-13-22-39(36)42(4,5)40-21-9-10-23-41(40)44-31(35)3/h7,9-14,16-28,30-31,39,43-44H,6,8,15H2,1-5H3/b17-12-,38-28-. The smallest absolute Gasteiger partial charge is 0.0491 e. The normalized spacial score (nSPS) is 21.2. The quantitative estimate of drug-likeness (QED) is 0.291. The van der Waals surface area contributed by atoms with Gasteiger partial charge in [0.25, 0.3) is 0 Å². The lowest BCUT2D eigenvalue weighted by molar-refractivity contribution is 0.471. The summed E-state index contributed by atoms with van der Waals surface area (Å²) in [5, 5.41) is 7.60. The fourth-order valence-corrected chi connectivity index (χ4v) is 7.10. The summed E-state index contributed by atoms with van der Waals surface area (Å²) >= 11 is 0. The van der Waals surface area contributed by atoms with Crippen molar-refractivity contribution in [3.8, 4) is 0 Å². The molecule has 0 saturated carbocycles. The molecule has 2 nitrogen and oxygen atoms in total. The first-order valence-corrected chi connectivity index (χ1v) is 16.3. The van der Waals surface area contributed by atoms with Gasteiger partial charge >= 0.3 is 0 Å². The lowest BCUT2D eigenvalue weighted by atomic mass is 9.69. The van der Waals surface area contributed by atoms with E-state index in [1.54, 1.807) is 0 Å². The van der Waals surface area contributed by atoms with E-state index in [0.717, 1.165) is 24.9 Å². The van der Waals surface area contributed by atoms with Crippen LogP contribution in [0.25, 0.3) is 11.6 Å². The van der Waals surface area contributed by atoms with Gasteiger partial charge < -0.3 is 10.6 Å². The molecule has 3 aromatic carbocycles. The average molecular weight is 579 g/mol. The van der Waals surface area contributed by atoms with Crippen LogP contribution in [0.1, 0.15) is 80.7 Å². The van der Waals surface area contributed by atoms with Crippen molar-refractivity contribution in [2.45, 2.75) is 71.3 Å². The highest BCUT2D eigenvalue weighted by Gasteiger charge is 2.37. The minimum absolute atomic E-state index is 0.0780. The number of nitrogens with one attached hydrogen (secondary N) is 2. The van der Waals surface area contributed by atoms with Crippen LogP contribution in [0, 0.1) is 12.8 Å². The fraction of sp³-hybridized carbons (Fsp3) is 0.286. The third-order valence-corrected chi connectivity index (χ3v) is 9.61. The van der Waals surface area contributed by atoms with Crippen molar-refractivity contribution in [2.24, 2.45) is 5.92 Å². The van der Waals surface area contributed by atoms with Crippen LogP contribution in [-0.2, 0) is 5.41 Å². The molecule has 2 heteroatoms. The molecule has 0 fully saturated rings. The molecule has 3 aromatic rings. The Labute approximate surface area is 264 Å². The van der Waals surface area contributed by atoms with E-state index in [9.17, 15) is 0 Å². The first kappa shape index (κ1) is 29.8. The summed E-state index contributed by atoms with van der Waals surface area (Å²) in [6.07, 6.45) is 24.0. The van der Waals surface area contributed by atoms with Gasteiger partial charge in [0.1, 0.15) is 0 Å². The predicted octanol–water partition coefficient (Wildman–Crippen LogP) is 11.1. The van der Waals surface area contributed by atoms with Gasteiger partial charge in [0.05, 0.1) is 0 Å². The van der Waals surface area contributed by atoms with Crippen LogP contribution in [0.5, 0.6) is 0 Å². The minimum atomic E-state index is -0.0780. The van der Waals surface area contributed by atoms with Gasteiger partial charge in [-0.15, -0.1) is 0 Å². The molecule has 0 saturated heterocycles. The molecular formula is C42H46N2. The van der Waals surface area contributed by atoms with E-state index in [0.29, 0.717) is 5.92 Å². The second-order valence-electron chi connectivity index (χ2n) is 13.3. The van der Waals surface area contributed by atoms with Gasteiger partial charge in [-0.2, -0.15) is 0 Å². The first-order valence-electron chi connectivity index (χ1n) is 16.3. The van der Waals surface area contributed by atoms with Crippen LogP contribution in [0.15, 0.2) is 127 Å². The number of hydrogen-bond acceptors (Lipinski definition) is 2. The van der Waals surface area contributed by atoms with Crippen LogP contribution in [-0.4, -0.2) is 6.04 Å². The van der Waals surface area contributed by atoms with Crippen molar-refractivity contribution in [3.05, 3.63) is 154 Å². The first-order chi connectivity index (χ1) is 21.3. The molecule has 0 radical (unpaired) electrons. The van der Waals surface area contributed by atoms with E-state index in [-0.39, 0.29) is 17.4 Å². The lowest BCUT2D eigenvalue weighted by Gasteiger charge is -2.35. The zero-order valence-electron chi connectivity index (χ0n) is 26.9. The molecule has 3 unspecified atom stereocenters. The van der Waals surface area contributed by atoms with Crippen molar-refractivity contribution in [2.75, 3.05) is 10.6 Å². The summed E-state index contributed by atoms with van der Waals surface area (Å²) in [7, 11) is 0. The number of rotatable bonds is 7. The van der Waals surface area contributed by atoms with Gasteiger partial charge in [0.15, 0.2) is 0 Å². The van der Waals surface area contributed by atoms with Gasteiger partial charge in [-0.25, -0.2) is 0 Å².